The largest absolute Gasteiger partial charge is 0.465 e. The number of furan rings is 1. The molecule has 1 aromatic carbocycles. The molecule has 1 fully saturated rings. The van der Waals surface area contributed by atoms with Crippen LogP contribution in [0.2, 0.25) is 0 Å². The number of hydrogen-bond donors (Lipinski definition) is 1. The Labute approximate surface area is 118 Å². The molecule has 0 bridgehead atoms. The van der Waals surface area contributed by atoms with E-state index in [1.54, 1.807) is 0 Å². The molecule has 0 spiro atoms. The summed E-state index contributed by atoms with van der Waals surface area (Å²) in [6, 6.07) is 14.7. The maximum atomic E-state index is 5.57. The first-order valence-electron chi connectivity index (χ1n) is 6.76. The van der Waals surface area contributed by atoms with Crippen LogP contribution in [0.25, 0.3) is 0 Å². The van der Waals surface area contributed by atoms with Crippen LogP contribution in [0.5, 0.6) is 0 Å². The zero-order valence-electron chi connectivity index (χ0n) is 11.2. The van der Waals surface area contributed by atoms with Crippen molar-refractivity contribution in [3.63, 3.8) is 0 Å². The van der Waals surface area contributed by atoms with Crippen LogP contribution >= 0.6 is 11.8 Å². The van der Waals surface area contributed by atoms with Gasteiger partial charge in [0.05, 0.1) is 6.54 Å². The molecule has 3 rings (SSSR count). The molecule has 1 N–H and O–H groups in total. The van der Waals surface area contributed by atoms with E-state index in [2.05, 4.69) is 35.6 Å². The molecule has 1 aliphatic carbocycles. The minimum atomic E-state index is 0.406. The van der Waals surface area contributed by atoms with Crippen LogP contribution in [0.4, 0.5) is 0 Å². The van der Waals surface area contributed by atoms with Gasteiger partial charge in [-0.2, -0.15) is 0 Å². The summed E-state index contributed by atoms with van der Waals surface area (Å²) < 4.78 is 5.97. The number of nitrogens with one attached hydrogen (secondary N) is 1. The second-order valence-electron chi connectivity index (χ2n) is 5.21. The van der Waals surface area contributed by atoms with Crippen molar-refractivity contribution in [3.05, 3.63) is 54.0 Å². The minimum absolute atomic E-state index is 0.406. The quantitative estimate of drug-likeness (QED) is 0.861. The molecule has 2 nitrogen and oxygen atoms in total. The molecule has 0 atom stereocenters. The van der Waals surface area contributed by atoms with Gasteiger partial charge < -0.3 is 9.73 Å². The molecule has 1 saturated carbocycles. The smallest absolute Gasteiger partial charge is 0.117 e. The molecule has 2 aromatic rings. The van der Waals surface area contributed by atoms with Crippen LogP contribution in [-0.2, 0) is 6.54 Å². The van der Waals surface area contributed by atoms with Crippen LogP contribution in [-0.4, -0.2) is 11.3 Å². The molecule has 1 heterocycles. The fourth-order valence-corrected chi connectivity index (χ4v) is 3.46. The van der Waals surface area contributed by atoms with E-state index in [1.807, 2.05) is 30.8 Å². The molecule has 1 aromatic heterocycles. The molecule has 0 aliphatic heterocycles. The van der Waals surface area contributed by atoms with E-state index in [1.165, 1.54) is 17.7 Å². The predicted octanol–water partition coefficient (Wildman–Crippen LogP) is 4.00. The lowest BCUT2D eigenvalue weighted by atomic mass is 10.3. The van der Waals surface area contributed by atoms with Gasteiger partial charge in [-0.05, 0) is 44.0 Å². The topological polar surface area (TPSA) is 25.2 Å². The highest BCUT2D eigenvalue weighted by atomic mass is 32.2. The van der Waals surface area contributed by atoms with E-state index >= 15 is 0 Å². The van der Waals surface area contributed by atoms with Gasteiger partial charge in [0.25, 0.3) is 0 Å². The Morgan fingerprint density at radius 3 is 2.58 bits per heavy atom. The highest BCUT2D eigenvalue weighted by Crippen LogP contribution is 2.51. The number of hydrogen-bond acceptors (Lipinski definition) is 3. The third-order valence-corrected chi connectivity index (χ3v) is 4.92. The number of rotatable bonds is 6. The molecule has 0 unspecified atom stereocenters. The van der Waals surface area contributed by atoms with Gasteiger partial charge in [0.1, 0.15) is 11.5 Å². The average Bonchev–Trinajstić information content (AvgIpc) is 3.04. The van der Waals surface area contributed by atoms with E-state index in [0.29, 0.717) is 4.75 Å². The zero-order chi connectivity index (χ0) is 13.1. The summed E-state index contributed by atoms with van der Waals surface area (Å²) in [4.78, 5) is 1.37. The molecule has 0 amide bonds. The Hall–Kier alpha value is -1.19. The first-order valence-corrected chi connectivity index (χ1v) is 7.58. The Balaban J connectivity index is 1.49. The lowest BCUT2D eigenvalue weighted by Gasteiger charge is -2.15. The molecular weight excluding hydrogens is 254 g/mol. The average molecular weight is 273 g/mol. The third kappa shape index (κ3) is 3.43. The van der Waals surface area contributed by atoms with E-state index in [4.69, 9.17) is 4.42 Å². The van der Waals surface area contributed by atoms with Gasteiger partial charge in [-0.3, -0.25) is 0 Å². The summed E-state index contributed by atoms with van der Waals surface area (Å²) in [7, 11) is 0. The number of benzene rings is 1. The Kier molecular flexibility index (Phi) is 3.67. The molecule has 0 saturated heterocycles. The lowest BCUT2D eigenvalue weighted by molar-refractivity contribution is 0.461. The molecule has 3 heteroatoms. The fraction of sp³-hybridized carbons (Fsp3) is 0.375. The molecule has 19 heavy (non-hydrogen) atoms. The summed E-state index contributed by atoms with van der Waals surface area (Å²) in [5.41, 5.74) is 0. The molecule has 100 valence electrons. The van der Waals surface area contributed by atoms with E-state index in [-0.39, 0.29) is 0 Å². The molecule has 0 radical (unpaired) electrons. The Bertz CT molecular complexity index is 531. The van der Waals surface area contributed by atoms with Gasteiger partial charge in [-0.1, -0.05) is 18.2 Å². The normalized spacial score (nSPS) is 16.5. The number of thioether (sulfide) groups is 1. The zero-order valence-corrected chi connectivity index (χ0v) is 12.0. The third-order valence-electron chi connectivity index (χ3n) is 3.43. The fourth-order valence-electron chi connectivity index (χ4n) is 2.19. The van der Waals surface area contributed by atoms with Crippen molar-refractivity contribution in [2.45, 2.75) is 36.0 Å². The van der Waals surface area contributed by atoms with Gasteiger partial charge in [-0.25, -0.2) is 0 Å². The second kappa shape index (κ2) is 5.43. The van der Waals surface area contributed by atoms with Crippen molar-refractivity contribution in [2.75, 3.05) is 6.54 Å². The van der Waals surface area contributed by atoms with Crippen LogP contribution < -0.4 is 5.32 Å². The van der Waals surface area contributed by atoms with Crippen molar-refractivity contribution in [1.82, 2.24) is 5.32 Å². The van der Waals surface area contributed by atoms with Crippen LogP contribution in [0, 0.1) is 6.92 Å². The van der Waals surface area contributed by atoms with Gasteiger partial charge >= 0.3 is 0 Å². The maximum Gasteiger partial charge on any atom is 0.117 e. The SMILES string of the molecule is Cc1ccc(CNCC2(Sc3ccccc3)CC2)o1. The van der Waals surface area contributed by atoms with Gasteiger partial charge in [-0.15, -0.1) is 11.8 Å². The summed E-state index contributed by atoms with van der Waals surface area (Å²) in [5.74, 6) is 2.01. The predicted molar refractivity (Wildman–Crippen MR) is 79.4 cm³/mol. The van der Waals surface area contributed by atoms with E-state index in [9.17, 15) is 0 Å². The summed E-state index contributed by atoms with van der Waals surface area (Å²) in [6.45, 7) is 3.86. The molecular formula is C16H19NOS. The van der Waals surface area contributed by atoms with Crippen molar-refractivity contribution in [2.24, 2.45) is 0 Å². The molecule has 1 aliphatic rings. The van der Waals surface area contributed by atoms with E-state index < -0.39 is 0 Å². The lowest BCUT2D eigenvalue weighted by Crippen LogP contribution is -2.25. The summed E-state index contributed by atoms with van der Waals surface area (Å²) in [5, 5.41) is 3.52. The Morgan fingerprint density at radius 2 is 1.95 bits per heavy atom. The van der Waals surface area contributed by atoms with Gasteiger partial charge in [0.15, 0.2) is 0 Å². The first kappa shape index (κ1) is 12.8. The number of aryl methyl sites for hydroxylation is 1. The van der Waals surface area contributed by atoms with Crippen molar-refractivity contribution in [1.29, 1.82) is 0 Å². The highest BCUT2D eigenvalue weighted by Gasteiger charge is 2.43. The first-order chi connectivity index (χ1) is 9.26. The van der Waals surface area contributed by atoms with Crippen molar-refractivity contribution in [3.8, 4) is 0 Å². The standard InChI is InChI=1S/C16H19NOS/c1-13-7-8-14(18-13)11-17-12-16(9-10-16)19-15-5-3-2-4-6-15/h2-8,17H,9-12H2,1H3. The summed E-state index contributed by atoms with van der Waals surface area (Å²) in [6.07, 6.45) is 2.60. The second-order valence-corrected chi connectivity index (χ2v) is 6.76. The van der Waals surface area contributed by atoms with Crippen LogP contribution in [0.3, 0.4) is 0 Å². The van der Waals surface area contributed by atoms with Gasteiger partial charge in [0.2, 0.25) is 0 Å². The van der Waals surface area contributed by atoms with Crippen LogP contribution in [0.15, 0.2) is 51.8 Å². The van der Waals surface area contributed by atoms with Crippen molar-refractivity contribution < 1.29 is 4.42 Å². The maximum absolute atomic E-state index is 5.57. The van der Waals surface area contributed by atoms with Gasteiger partial charge in [0, 0.05) is 16.2 Å². The monoisotopic (exact) mass is 273 g/mol. The Morgan fingerprint density at radius 1 is 1.16 bits per heavy atom. The highest BCUT2D eigenvalue weighted by molar-refractivity contribution is 8.01. The van der Waals surface area contributed by atoms with Crippen LogP contribution in [0.1, 0.15) is 24.4 Å². The van der Waals surface area contributed by atoms with Crippen molar-refractivity contribution >= 4 is 11.8 Å². The summed E-state index contributed by atoms with van der Waals surface area (Å²) >= 11 is 2.00. The minimum Gasteiger partial charge on any atom is -0.465 e. The van der Waals surface area contributed by atoms with E-state index in [0.717, 1.165) is 24.6 Å².